The average molecular weight is 334 g/mol. The molecule has 0 radical (unpaired) electrons. The summed E-state index contributed by atoms with van der Waals surface area (Å²) in [5.74, 6) is -0.0554. The number of aromatic nitrogens is 2. The van der Waals surface area contributed by atoms with Gasteiger partial charge in [0.1, 0.15) is 0 Å². The molecule has 1 atom stereocenters. The number of para-hydroxylation sites is 1. The SMILES string of the molecule is CCO[C@H]1CCCN(C(=O)c2ccn(-c3ccccc3Cl)n2)C1. The number of hydrogen-bond acceptors (Lipinski definition) is 3. The number of piperidine rings is 1. The van der Waals surface area contributed by atoms with E-state index in [9.17, 15) is 4.79 Å². The lowest BCUT2D eigenvalue weighted by molar-refractivity contribution is 0.00702. The minimum absolute atomic E-state index is 0.0554. The third kappa shape index (κ3) is 3.57. The lowest BCUT2D eigenvalue weighted by Gasteiger charge is -2.32. The Bertz CT molecular complexity index is 684. The third-order valence-corrected chi connectivity index (χ3v) is 4.29. The maximum Gasteiger partial charge on any atom is 0.274 e. The molecule has 1 amide bonds. The summed E-state index contributed by atoms with van der Waals surface area (Å²) < 4.78 is 7.29. The summed E-state index contributed by atoms with van der Waals surface area (Å²) in [6.45, 7) is 4.03. The number of halogens is 1. The molecule has 1 aromatic carbocycles. The van der Waals surface area contributed by atoms with E-state index in [0.717, 1.165) is 25.1 Å². The number of amides is 1. The first-order valence-corrected chi connectivity index (χ1v) is 8.28. The van der Waals surface area contributed by atoms with Gasteiger partial charge < -0.3 is 9.64 Å². The Morgan fingerprint density at radius 1 is 1.39 bits per heavy atom. The highest BCUT2D eigenvalue weighted by atomic mass is 35.5. The van der Waals surface area contributed by atoms with Gasteiger partial charge in [0, 0.05) is 25.9 Å². The fourth-order valence-corrected chi connectivity index (χ4v) is 3.09. The molecule has 0 unspecified atom stereocenters. The van der Waals surface area contributed by atoms with Gasteiger partial charge in [-0.25, -0.2) is 4.68 Å². The predicted octanol–water partition coefficient (Wildman–Crippen LogP) is 3.17. The van der Waals surface area contributed by atoms with Gasteiger partial charge in [0.25, 0.3) is 5.91 Å². The van der Waals surface area contributed by atoms with E-state index < -0.39 is 0 Å². The van der Waals surface area contributed by atoms with Crippen molar-refractivity contribution in [3.63, 3.8) is 0 Å². The zero-order valence-electron chi connectivity index (χ0n) is 13.1. The Labute approximate surface area is 140 Å². The van der Waals surface area contributed by atoms with Crippen molar-refractivity contribution in [1.82, 2.24) is 14.7 Å². The monoisotopic (exact) mass is 333 g/mol. The van der Waals surface area contributed by atoms with E-state index in [2.05, 4.69) is 5.10 Å². The molecule has 122 valence electrons. The van der Waals surface area contributed by atoms with Crippen molar-refractivity contribution in [2.24, 2.45) is 0 Å². The molecule has 1 aromatic heterocycles. The largest absolute Gasteiger partial charge is 0.377 e. The van der Waals surface area contributed by atoms with E-state index in [-0.39, 0.29) is 12.0 Å². The molecule has 0 N–H and O–H groups in total. The fraction of sp³-hybridized carbons (Fsp3) is 0.412. The number of carbonyl (C=O) groups excluding carboxylic acids is 1. The first kappa shape index (κ1) is 16.0. The van der Waals surface area contributed by atoms with Crippen molar-refractivity contribution in [2.45, 2.75) is 25.9 Å². The predicted molar refractivity (Wildman–Crippen MR) is 89.1 cm³/mol. The topological polar surface area (TPSA) is 47.4 Å². The minimum atomic E-state index is -0.0554. The second-order valence-corrected chi connectivity index (χ2v) is 5.97. The van der Waals surface area contributed by atoms with Gasteiger partial charge in [-0.15, -0.1) is 0 Å². The number of ether oxygens (including phenoxy) is 1. The molecule has 23 heavy (non-hydrogen) atoms. The number of rotatable bonds is 4. The smallest absolute Gasteiger partial charge is 0.274 e. The molecule has 5 nitrogen and oxygen atoms in total. The molecule has 2 heterocycles. The maximum absolute atomic E-state index is 12.6. The van der Waals surface area contributed by atoms with Gasteiger partial charge in [-0.3, -0.25) is 4.79 Å². The summed E-state index contributed by atoms with van der Waals surface area (Å²) in [7, 11) is 0. The van der Waals surface area contributed by atoms with Crippen molar-refractivity contribution >= 4 is 17.5 Å². The van der Waals surface area contributed by atoms with Crippen LogP contribution in [0, 0.1) is 0 Å². The maximum atomic E-state index is 12.6. The molecule has 0 saturated carbocycles. The van der Waals surface area contributed by atoms with Crippen LogP contribution in [0.3, 0.4) is 0 Å². The molecule has 0 aliphatic carbocycles. The highest BCUT2D eigenvalue weighted by Gasteiger charge is 2.26. The Balaban J connectivity index is 1.75. The van der Waals surface area contributed by atoms with Crippen LogP contribution < -0.4 is 0 Å². The first-order chi connectivity index (χ1) is 11.2. The van der Waals surface area contributed by atoms with Crippen molar-refractivity contribution in [3.8, 4) is 5.69 Å². The van der Waals surface area contributed by atoms with Gasteiger partial charge in [-0.1, -0.05) is 23.7 Å². The standard InChI is InChI=1S/C17H20ClN3O2/c1-2-23-13-6-5-10-20(12-13)17(22)15-9-11-21(19-15)16-8-4-3-7-14(16)18/h3-4,7-9,11,13H,2,5-6,10,12H2,1H3/t13-/m0/s1. The lowest BCUT2D eigenvalue weighted by atomic mass is 10.1. The van der Waals surface area contributed by atoms with Gasteiger partial charge in [0.05, 0.1) is 16.8 Å². The van der Waals surface area contributed by atoms with Gasteiger partial charge >= 0.3 is 0 Å². The summed E-state index contributed by atoms with van der Waals surface area (Å²) in [6.07, 6.45) is 3.86. The van der Waals surface area contributed by atoms with Gasteiger partial charge in [-0.2, -0.15) is 5.10 Å². The molecular formula is C17H20ClN3O2. The zero-order chi connectivity index (χ0) is 16.2. The first-order valence-electron chi connectivity index (χ1n) is 7.90. The third-order valence-electron chi connectivity index (χ3n) is 3.98. The highest BCUT2D eigenvalue weighted by molar-refractivity contribution is 6.32. The van der Waals surface area contributed by atoms with Crippen LogP contribution in [0.25, 0.3) is 5.69 Å². The Morgan fingerprint density at radius 2 is 2.22 bits per heavy atom. The molecule has 0 bridgehead atoms. The second-order valence-electron chi connectivity index (χ2n) is 5.57. The van der Waals surface area contributed by atoms with E-state index in [1.807, 2.05) is 30.0 Å². The fourth-order valence-electron chi connectivity index (χ4n) is 2.87. The van der Waals surface area contributed by atoms with E-state index in [0.29, 0.717) is 23.9 Å². The van der Waals surface area contributed by atoms with Crippen LogP contribution >= 0.6 is 11.6 Å². The van der Waals surface area contributed by atoms with Crippen LogP contribution in [-0.4, -0.2) is 46.4 Å². The average Bonchev–Trinajstić information content (AvgIpc) is 3.05. The van der Waals surface area contributed by atoms with Crippen LogP contribution in [-0.2, 0) is 4.74 Å². The zero-order valence-corrected chi connectivity index (χ0v) is 13.9. The molecule has 1 aliphatic rings. The summed E-state index contributed by atoms with van der Waals surface area (Å²) in [5.41, 5.74) is 1.20. The van der Waals surface area contributed by atoms with E-state index >= 15 is 0 Å². The molecule has 1 saturated heterocycles. The normalized spacial score (nSPS) is 18.2. The van der Waals surface area contributed by atoms with Crippen molar-refractivity contribution in [3.05, 3.63) is 47.2 Å². The van der Waals surface area contributed by atoms with Crippen LogP contribution in [0.1, 0.15) is 30.3 Å². The number of benzene rings is 1. The van der Waals surface area contributed by atoms with Crippen LogP contribution in [0.15, 0.2) is 36.5 Å². The number of nitrogens with zero attached hydrogens (tertiary/aromatic N) is 3. The van der Waals surface area contributed by atoms with Crippen LogP contribution in [0.4, 0.5) is 0 Å². The van der Waals surface area contributed by atoms with Crippen LogP contribution in [0.5, 0.6) is 0 Å². The van der Waals surface area contributed by atoms with Crippen molar-refractivity contribution < 1.29 is 9.53 Å². The Morgan fingerprint density at radius 3 is 3.00 bits per heavy atom. The Kier molecular flexibility index (Phi) is 4.98. The van der Waals surface area contributed by atoms with E-state index in [4.69, 9.17) is 16.3 Å². The molecule has 6 heteroatoms. The van der Waals surface area contributed by atoms with E-state index in [1.54, 1.807) is 23.0 Å². The summed E-state index contributed by atoms with van der Waals surface area (Å²) >= 11 is 6.18. The minimum Gasteiger partial charge on any atom is -0.377 e. The molecule has 3 rings (SSSR count). The number of hydrogen-bond donors (Lipinski definition) is 0. The molecule has 1 fully saturated rings. The van der Waals surface area contributed by atoms with Crippen LogP contribution in [0.2, 0.25) is 5.02 Å². The van der Waals surface area contributed by atoms with Gasteiger partial charge in [-0.05, 0) is 38.0 Å². The summed E-state index contributed by atoms with van der Waals surface area (Å²) in [5, 5.41) is 4.99. The molecular weight excluding hydrogens is 314 g/mol. The van der Waals surface area contributed by atoms with Crippen molar-refractivity contribution in [1.29, 1.82) is 0 Å². The van der Waals surface area contributed by atoms with Crippen molar-refractivity contribution in [2.75, 3.05) is 19.7 Å². The molecule has 0 spiro atoms. The summed E-state index contributed by atoms with van der Waals surface area (Å²) in [4.78, 5) is 14.5. The molecule has 2 aromatic rings. The number of carbonyl (C=O) groups is 1. The second kappa shape index (κ2) is 7.15. The lowest BCUT2D eigenvalue weighted by Crippen LogP contribution is -2.43. The highest BCUT2D eigenvalue weighted by Crippen LogP contribution is 2.20. The number of likely N-dealkylation sites (tertiary alicyclic amines) is 1. The van der Waals surface area contributed by atoms with Gasteiger partial charge in [0.2, 0.25) is 0 Å². The van der Waals surface area contributed by atoms with Gasteiger partial charge in [0.15, 0.2) is 5.69 Å². The quantitative estimate of drug-likeness (QED) is 0.863. The summed E-state index contributed by atoms with van der Waals surface area (Å²) in [6, 6.07) is 9.16. The molecule has 1 aliphatic heterocycles. The Hall–Kier alpha value is -1.85. The van der Waals surface area contributed by atoms with E-state index in [1.165, 1.54) is 0 Å².